The van der Waals surface area contributed by atoms with E-state index in [1.807, 2.05) is 0 Å². The quantitative estimate of drug-likeness (QED) is 0.654. The van der Waals surface area contributed by atoms with Crippen LogP contribution in [-0.4, -0.2) is 23.6 Å². The van der Waals surface area contributed by atoms with Gasteiger partial charge in [-0.05, 0) is 38.1 Å². The summed E-state index contributed by atoms with van der Waals surface area (Å²) in [5.74, 6) is 2.20. The van der Waals surface area contributed by atoms with Crippen molar-refractivity contribution < 1.29 is 0 Å². The first-order valence-electron chi connectivity index (χ1n) is 7.61. The van der Waals surface area contributed by atoms with E-state index < -0.39 is 0 Å². The zero-order valence-corrected chi connectivity index (χ0v) is 12.8. The Hall–Kier alpha value is 0.310. The second-order valence-corrected chi connectivity index (χ2v) is 6.97. The molecule has 2 heteroatoms. The van der Waals surface area contributed by atoms with Crippen LogP contribution in [0.4, 0.5) is 0 Å². The molecule has 0 bridgehead atoms. The Kier molecular flexibility index (Phi) is 8.38. The molecule has 1 aliphatic rings. The minimum atomic E-state index is 0.746. The van der Waals surface area contributed by atoms with Crippen LogP contribution in [-0.2, 0) is 0 Å². The maximum atomic E-state index is 3.74. The Labute approximate surface area is 113 Å². The third-order valence-corrected chi connectivity index (χ3v) is 5.44. The molecule has 0 radical (unpaired) electrons. The van der Waals surface area contributed by atoms with Crippen LogP contribution in [0, 0.1) is 5.92 Å². The zero-order chi connectivity index (χ0) is 12.5. The van der Waals surface area contributed by atoms with Crippen molar-refractivity contribution in [2.75, 3.05) is 12.3 Å². The van der Waals surface area contributed by atoms with Crippen molar-refractivity contribution in [3.8, 4) is 0 Å². The number of thioether (sulfide) groups is 1. The molecule has 0 aromatic carbocycles. The highest BCUT2D eigenvalue weighted by atomic mass is 32.2. The Balaban J connectivity index is 2.22. The largest absolute Gasteiger partial charge is 0.313 e. The Morgan fingerprint density at radius 3 is 2.53 bits per heavy atom. The van der Waals surface area contributed by atoms with Crippen molar-refractivity contribution in [1.29, 1.82) is 0 Å². The average molecular weight is 257 g/mol. The first-order valence-corrected chi connectivity index (χ1v) is 8.66. The van der Waals surface area contributed by atoms with E-state index in [4.69, 9.17) is 0 Å². The molecule has 1 aliphatic carbocycles. The van der Waals surface area contributed by atoms with Gasteiger partial charge in [0.25, 0.3) is 0 Å². The van der Waals surface area contributed by atoms with Gasteiger partial charge in [-0.2, -0.15) is 11.8 Å². The Morgan fingerprint density at radius 2 is 1.94 bits per heavy atom. The molecular formula is C15H31NS. The van der Waals surface area contributed by atoms with Gasteiger partial charge in [-0.1, -0.05) is 40.0 Å². The maximum Gasteiger partial charge on any atom is 0.0160 e. The molecular weight excluding hydrogens is 226 g/mol. The SMILES string of the molecule is CCCNC(CSC1CCCC1)CC(C)CC. The summed E-state index contributed by atoms with van der Waals surface area (Å²) in [5.41, 5.74) is 0. The van der Waals surface area contributed by atoms with Gasteiger partial charge < -0.3 is 5.32 Å². The maximum absolute atomic E-state index is 3.74. The predicted octanol–water partition coefficient (Wildman–Crippen LogP) is 4.47. The van der Waals surface area contributed by atoms with Crippen LogP contribution in [0.3, 0.4) is 0 Å². The summed E-state index contributed by atoms with van der Waals surface area (Å²) in [6.07, 6.45) is 9.80. The molecule has 1 saturated carbocycles. The molecule has 2 atom stereocenters. The lowest BCUT2D eigenvalue weighted by Crippen LogP contribution is -2.34. The molecule has 0 heterocycles. The normalized spacial score (nSPS) is 20.6. The Bertz CT molecular complexity index is 178. The number of hydrogen-bond donors (Lipinski definition) is 1. The summed E-state index contributed by atoms with van der Waals surface area (Å²) in [4.78, 5) is 0. The summed E-state index contributed by atoms with van der Waals surface area (Å²) < 4.78 is 0. The molecule has 1 N–H and O–H groups in total. The number of hydrogen-bond acceptors (Lipinski definition) is 2. The number of nitrogens with one attached hydrogen (secondary N) is 1. The lowest BCUT2D eigenvalue weighted by atomic mass is 10.0. The van der Waals surface area contributed by atoms with Gasteiger partial charge in [0.15, 0.2) is 0 Å². The van der Waals surface area contributed by atoms with E-state index in [9.17, 15) is 0 Å². The van der Waals surface area contributed by atoms with Crippen molar-refractivity contribution in [3.63, 3.8) is 0 Å². The molecule has 0 aromatic heterocycles. The summed E-state index contributed by atoms with van der Waals surface area (Å²) in [6.45, 7) is 8.15. The van der Waals surface area contributed by atoms with Gasteiger partial charge in [-0.25, -0.2) is 0 Å². The summed E-state index contributed by atoms with van der Waals surface area (Å²) in [7, 11) is 0. The van der Waals surface area contributed by atoms with Crippen molar-refractivity contribution in [2.45, 2.75) is 77.0 Å². The fraction of sp³-hybridized carbons (Fsp3) is 1.00. The van der Waals surface area contributed by atoms with Crippen molar-refractivity contribution >= 4 is 11.8 Å². The smallest absolute Gasteiger partial charge is 0.0160 e. The highest BCUT2D eigenvalue weighted by molar-refractivity contribution is 7.99. The van der Waals surface area contributed by atoms with Gasteiger partial charge in [0.05, 0.1) is 0 Å². The molecule has 0 amide bonds. The van der Waals surface area contributed by atoms with Crippen molar-refractivity contribution in [2.24, 2.45) is 5.92 Å². The fourth-order valence-electron chi connectivity index (χ4n) is 2.52. The van der Waals surface area contributed by atoms with Crippen LogP contribution < -0.4 is 5.32 Å². The van der Waals surface area contributed by atoms with E-state index in [1.165, 1.54) is 57.2 Å². The second kappa shape index (κ2) is 9.27. The van der Waals surface area contributed by atoms with Crippen LogP contribution in [0.25, 0.3) is 0 Å². The monoisotopic (exact) mass is 257 g/mol. The average Bonchev–Trinajstić information content (AvgIpc) is 2.85. The number of rotatable bonds is 9. The lowest BCUT2D eigenvalue weighted by Gasteiger charge is -2.22. The highest BCUT2D eigenvalue weighted by Crippen LogP contribution is 2.30. The van der Waals surface area contributed by atoms with Gasteiger partial charge in [0.2, 0.25) is 0 Å². The zero-order valence-electron chi connectivity index (χ0n) is 12.0. The lowest BCUT2D eigenvalue weighted by molar-refractivity contribution is 0.417. The van der Waals surface area contributed by atoms with E-state index in [1.54, 1.807) is 0 Å². The molecule has 102 valence electrons. The van der Waals surface area contributed by atoms with E-state index in [2.05, 4.69) is 37.8 Å². The van der Waals surface area contributed by atoms with Crippen LogP contribution in [0.5, 0.6) is 0 Å². The first kappa shape index (κ1) is 15.4. The van der Waals surface area contributed by atoms with Gasteiger partial charge in [0, 0.05) is 17.0 Å². The molecule has 17 heavy (non-hydrogen) atoms. The summed E-state index contributed by atoms with van der Waals surface area (Å²) >= 11 is 2.23. The van der Waals surface area contributed by atoms with Crippen molar-refractivity contribution in [3.05, 3.63) is 0 Å². The molecule has 1 fully saturated rings. The van der Waals surface area contributed by atoms with Crippen molar-refractivity contribution in [1.82, 2.24) is 5.32 Å². The van der Waals surface area contributed by atoms with Gasteiger partial charge >= 0.3 is 0 Å². The molecule has 0 saturated heterocycles. The summed E-state index contributed by atoms with van der Waals surface area (Å²) in [5, 5.41) is 4.71. The predicted molar refractivity (Wildman–Crippen MR) is 80.9 cm³/mol. The Morgan fingerprint density at radius 1 is 1.24 bits per heavy atom. The topological polar surface area (TPSA) is 12.0 Å². The first-order chi connectivity index (χ1) is 8.26. The van der Waals surface area contributed by atoms with Crippen LogP contribution in [0.15, 0.2) is 0 Å². The minimum absolute atomic E-state index is 0.746. The van der Waals surface area contributed by atoms with E-state index in [-0.39, 0.29) is 0 Å². The van der Waals surface area contributed by atoms with E-state index in [0.29, 0.717) is 0 Å². The van der Waals surface area contributed by atoms with Gasteiger partial charge in [-0.3, -0.25) is 0 Å². The third-order valence-electron chi connectivity index (χ3n) is 3.90. The standard InChI is InChI=1S/C15H31NS/c1-4-10-16-14(11-13(3)5-2)12-17-15-8-6-7-9-15/h13-16H,4-12H2,1-3H3. The molecule has 0 aliphatic heterocycles. The van der Waals surface area contributed by atoms with Crippen LogP contribution in [0.2, 0.25) is 0 Å². The van der Waals surface area contributed by atoms with E-state index in [0.717, 1.165) is 17.2 Å². The molecule has 0 aromatic rings. The van der Waals surface area contributed by atoms with Crippen LogP contribution >= 0.6 is 11.8 Å². The van der Waals surface area contributed by atoms with Crippen LogP contribution in [0.1, 0.15) is 65.7 Å². The van der Waals surface area contributed by atoms with Gasteiger partial charge in [-0.15, -0.1) is 0 Å². The fourth-order valence-corrected chi connectivity index (χ4v) is 3.94. The third kappa shape index (κ3) is 6.71. The molecule has 1 nitrogen and oxygen atoms in total. The second-order valence-electron chi connectivity index (χ2n) is 5.64. The minimum Gasteiger partial charge on any atom is -0.313 e. The molecule has 2 unspecified atom stereocenters. The molecule has 0 spiro atoms. The molecule has 1 rings (SSSR count). The highest BCUT2D eigenvalue weighted by Gasteiger charge is 2.18. The summed E-state index contributed by atoms with van der Waals surface area (Å²) in [6, 6.07) is 0.746. The van der Waals surface area contributed by atoms with E-state index >= 15 is 0 Å². The van der Waals surface area contributed by atoms with Gasteiger partial charge in [0.1, 0.15) is 0 Å².